The van der Waals surface area contributed by atoms with E-state index in [2.05, 4.69) is 4.72 Å². The number of carbonyl (C=O) groups excluding carboxylic acids is 2. The molecule has 1 aliphatic heterocycles. The van der Waals surface area contributed by atoms with E-state index < -0.39 is 22.6 Å². The first-order valence-corrected chi connectivity index (χ1v) is 10.5. The number of ether oxygens (including phenoxy) is 2. The predicted molar refractivity (Wildman–Crippen MR) is 99.3 cm³/mol. The number of hydrogen-bond acceptors (Lipinski definition) is 7. The summed E-state index contributed by atoms with van der Waals surface area (Å²) in [5, 5.41) is 1.64. The Balaban J connectivity index is 1.68. The van der Waals surface area contributed by atoms with Gasteiger partial charge in [-0.05, 0) is 23.6 Å². The van der Waals surface area contributed by atoms with Crippen LogP contribution in [0.1, 0.15) is 10.4 Å². The molecule has 1 aromatic carbocycles. The lowest BCUT2D eigenvalue weighted by atomic mass is 10.2. The molecule has 1 fully saturated rings. The lowest BCUT2D eigenvalue weighted by molar-refractivity contribution is -0.138. The maximum Gasteiger partial charge on any atom is 0.340 e. The molecule has 1 N–H and O–H groups in total. The van der Waals surface area contributed by atoms with Crippen LogP contribution in [-0.2, 0) is 24.3 Å². The highest BCUT2D eigenvalue weighted by atomic mass is 32.2. The van der Waals surface area contributed by atoms with E-state index >= 15 is 0 Å². The molecule has 27 heavy (non-hydrogen) atoms. The Kier molecular flexibility index (Phi) is 6.09. The van der Waals surface area contributed by atoms with Crippen molar-refractivity contribution in [2.45, 2.75) is 4.21 Å². The Morgan fingerprint density at radius 3 is 2.59 bits per heavy atom. The highest BCUT2D eigenvalue weighted by molar-refractivity contribution is 7.94. The van der Waals surface area contributed by atoms with Gasteiger partial charge in [-0.3, -0.25) is 9.52 Å². The molecule has 144 valence electrons. The molecular weight excluding hydrogens is 392 g/mol. The number of para-hydroxylation sites is 1. The van der Waals surface area contributed by atoms with Gasteiger partial charge in [0.2, 0.25) is 0 Å². The van der Waals surface area contributed by atoms with Crippen molar-refractivity contribution in [3.05, 3.63) is 47.3 Å². The van der Waals surface area contributed by atoms with Gasteiger partial charge in [0.15, 0.2) is 6.61 Å². The summed E-state index contributed by atoms with van der Waals surface area (Å²) in [4.78, 5) is 26.0. The van der Waals surface area contributed by atoms with Crippen LogP contribution in [-0.4, -0.2) is 58.1 Å². The second-order valence-electron chi connectivity index (χ2n) is 5.65. The van der Waals surface area contributed by atoms with Gasteiger partial charge in [0.25, 0.3) is 15.9 Å². The zero-order chi connectivity index (χ0) is 19.3. The van der Waals surface area contributed by atoms with E-state index in [-0.39, 0.29) is 21.4 Å². The number of benzene rings is 1. The van der Waals surface area contributed by atoms with Crippen molar-refractivity contribution in [1.82, 2.24) is 4.90 Å². The van der Waals surface area contributed by atoms with E-state index in [0.717, 1.165) is 11.3 Å². The van der Waals surface area contributed by atoms with Crippen LogP contribution in [0.2, 0.25) is 0 Å². The number of nitrogens with one attached hydrogen (secondary N) is 1. The molecule has 10 heteroatoms. The summed E-state index contributed by atoms with van der Waals surface area (Å²) in [5.74, 6) is -1.09. The maximum absolute atomic E-state index is 12.4. The summed E-state index contributed by atoms with van der Waals surface area (Å²) in [6.07, 6.45) is 0. The van der Waals surface area contributed by atoms with Crippen LogP contribution in [0.25, 0.3) is 0 Å². The van der Waals surface area contributed by atoms with Crippen LogP contribution in [0.3, 0.4) is 0 Å². The van der Waals surface area contributed by atoms with Crippen LogP contribution in [0.15, 0.2) is 46.0 Å². The number of thiophene rings is 1. The Labute approximate surface area is 160 Å². The Hall–Kier alpha value is -2.43. The topological polar surface area (TPSA) is 102 Å². The van der Waals surface area contributed by atoms with Gasteiger partial charge in [0, 0.05) is 13.1 Å². The number of anilines is 1. The minimum Gasteiger partial charge on any atom is -0.452 e. The van der Waals surface area contributed by atoms with E-state index in [1.165, 1.54) is 18.2 Å². The minimum absolute atomic E-state index is 0.0346. The molecule has 0 unspecified atom stereocenters. The third-order valence-corrected chi connectivity index (χ3v) is 6.60. The molecule has 0 radical (unpaired) electrons. The lowest BCUT2D eigenvalue weighted by Gasteiger charge is -2.26. The molecule has 2 heterocycles. The smallest absolute Gasteiger partial charge is 0.340 e. The van der Waals surface area contributed by atoms with Gasteiger partial charge in [-0.15, -0.1) is 11.3 Å². The molecule has 0 aliphatic carbocycles. The summed E-state index contributed by atoms with van der Waals surface area (Å²) in [6.45, 7) is 1.39. The van der Waals surface area contributed by atoms with E-state index in [9.17, 15) is 18.0 Å². The first kappa shape index (κ1) is 19.3. The highest BCUT2D eigenvalue weighted by Crippen LogP contribution is 2.23. The van der Waals surface area contributed by atoms with Gasteiger partial charge in [-0.2, -0.15) is 0 Å². The van der Waals surface area contributed by atoms with Crippen molar-refractivity contribution in [2.75, 3.05) is 37.6 Å². The number of rotatable bonds is 6. The number of esters is 1. The molecule has 1 amide bonds. The molecule has 0 atom stereocenters. The van der Waals surface area contributed by atoms with E-state index in [0.29, 0.717) is 26.3 Å². The monoisotopic (exact) mass is 410 g/mol. The summed E-state index contributed by atoms with van der Waals surface area (Å²) >= 11 is 1.07. The fourth-order valence-corrected chi connectivity index (χ4v) is 4.54. The summed E-state index contributed by atoms with van der Waals surface area (Å²) in [5.41, 5.74) is 0.127. The van der Waals surface area contributed by atoms with Crippen molar-refractivity contribution >= 4 is 38.9 Å². The number of hydrogen-bond donors (Lipinski definition) is 1. The summed E-state index contributed by atoms with van der Waals surface area (Å²) < 4.78 is 37.6. The van der Waals surface area contributed by atoms with Crippen LogP contribution < -0.4 is 4.72 Å². The molecule has 2 aromatic rings. The zero-order valence-corrected chi connectivity index (χ0v) is 15.9. The third kappa shape index (κ3) is 4.85. The summed E-state index contributed by atoms with van der Waals surface area (Å²) in [7, 11) is -3.80. The molecule has 3 rings (SSSR count). The molecule has 0 bridgehead atoms. The van der Waals surface area contributed by atoms with Crippen molar-refractivity contribution in [2.24, 2.45) is 0 Å². The Morgan fingerprint density at radius 2 is 1.89 bits per heavy atom. The Morgan fingerprint density at radius 1 is 1.15 bits per heavy atom. The van der Waals surface area contributed by atoms with E-state index in [1.54, 1.807) is 28.5 Å². The standard InChI is InChI=1S/C17H18N2O6S2/c20-15(19-7-9-24-10-8-19)12-25-17(21)13-4-1-2-5-14(13)18-27(22,23)16-6-3-11-26-16/h1-6,11,18H,7-10,12H2. The number of sulfonamides is 1. The first-order chi connectivity index (χ1) is 13.0. The van der Waals surface area contributed by atoms with Gasteiger partial charge in [0.1, 0.15) is 4.21 Å². The SMILES string of the molecule is O=C(OCC(=O)N1CCOCC1)c1ccccc1NS(=O)(=O)c1cccs1. The lowest BCUT2D eigenvalue weighted by Crippen LogP contribution is -2.42. The number of carbonyl (C=O) groups is 2. The molecule has 0 saturated carbocycles. The predicted octanol–water partition coefficient (Wildman–Crippen LogP) is 1.56. The molecule has 0 spiro atoms. The first-order valence-electron chi connectivity index (χ1n) is 8.15. The van der Waals surface area contributed by atoms with Gasteiger partial charge < -0.3 is 14.4 Å². The Bertz CT molecular complexity index is 905. The molecule has 1 saturated heterocycles. The van der Waals surface area contributed by atoms with E-state index in [1.807, 2.05) is 0 Å². The molecule has 1 aliphatic rings. The number of amides is 1. The van der Waals surface area contributed by atoms with Crippen molar-refractivity contribution in [3.63, 3.8) is 0 Å². The molecule has 8 nitrogen and oxygen atoms in total. The fraction of sp³-hybridized carbons (Fsp3) is 0.294. The van der Waals surface area contributed by atoms with Crippen LogP contribution >= 0.6 is 11.3 Å². The second kappa shape index (κ2) is 8.51. The quantitative estimate of drug-likeness (QED) is 0.725. The van der Waals surface area contributed by atoms with Crippen LogP contribution in [0.4, 0.5) is 5.69 Å². The average Bonchev–Trinajstić information content (AvgIpc) is 3.22. The van der Waals surface area contributed by atoms with Crippen molar-refractivity contribution in [1.29, 1.82) is 0 Å². The van der Waals surface area contributed by atoms with Crippen molar-refractivity contribution < 1.29 is 27.5 Å². The van der Waals surface area contributed by atoms with Gasteiger partial charge >= 0.3 is 5.97 Å². The van der Waals surface area contributed by atoms with E-state index in [4.69, 9.17) is 9.47 Å². The van der Waals surface area contributed by atoms with Crippen molar-refractivity contribution in [3.8, 4) is 0 Å². The average molecular weight is 410 g/mol. The van der Waals surface area contributed by atoms with Gasteiger partial charge in [-0.25, -0.2) is 13.2 Å². The van der Waals surface area contributed by atoms with Crippen LogP contribution in [0.5, 0.6) is 0 Å². The third-order valence-electron chi connectivity index (χ3n) is 3.84. The molecular formula is C17H18N2O6S2. The normalized spacial score (nSPS) is 14.6. The molecule has 1 aromatic heterocycles. The minimum atomic E-state index is -3.80. The number of nitrogens with zero attached hydrogens (tertiary/aromatic N) is 1. The maximum atomic E-state index is 12.4. The van der Waals surface area contributed by atoms with Crippen LogP contribution in [0, 0.1) is 0 Å². The zero-order valence-electron chi connectivity index (χ0n) is 14.3. The summed E-state index contributed by atoms with van der Waals surface area (Å²) in [6, 6.07) is 9.18. The number of morpholine rings is 1. The van der Waals surface area contributed by atoms with Gasteiger partial charge in [-0.1, -0.05) is 18.2 Å². The second-order valence-corrected chi connectivity index (χ2v) is 8.51. The van der Waals surface area contributed by atoms with Gasteiger partial charge in [0.05, 0.1) is 24.5 Å². The highest BCUT2D eigenvalue weighted by Gasteiger charge is 2.22. The largest absolute Gasteiger partial charge is 0.452 e. The fourth-order valence-electron chi connectivity index (χ4n) is 2.47.